The molecule has 1 saturated carbocycles. The average Bonchev–Trinajstić information content (AvgIpc) is 3.37. The van der Waals surface area contributed by atoms with Crippen molar-refractivity contribution in [3.05, 3.63) is 35.3 Å². The predicted octanol–water partition coefficient (Wildman–Crippen LogP) is 3.04. The molecule has 1 fully saturated rings. The van der Waals surface area contributed by atoms with Crippen LogP contribution in [-0.4, -0.2) is 43.2 Å². The highest BCUT2D eigenvalue weighted by molar-refractivity contribution is 7.80. The zero-order valence-corrected chi connectivity index (χ0v) is 15.3. The highest BCUT2D eigenvalue weighted by atomic mass is 32.1. The molecular weight excluding hydrogens is 354 g/mol. The molecule has 3 aromatic heterocycles. The predicted molar refractivity (Wildman–Crippen MR) is 104 cm³/mol. The van der Waals surface area contributed by atoms with Crippen LogP contribution in [0.2, 0.25) is 0 Å². The third kappa shape index (κ3) is 3.46. The Labute approximate surface area is 154 Å². The second kappa shape index (κ2) is 6.62. The zero-order valence-electron chi connectivity index (χ0n) is 13.6. The summed E-state index contributed by atoms with van der Waals surface area (Å²) in [6.07, 6.45) is 4.11. The first kappa shape index (κ1) is 16.3. The van der Waals surface area contributed by atoms with E-state index in [1.807, 2.05) is 31.3 Å². The summed E-state index contributed by atoms with van der Waals surface area (Å²) < 4.78 is 0. The van der Waals surface area contributed by atoms with Crippen molar-refractivity contribution in [3.63, 3.8) is 0 Å². The standard InChI is InChI=1S/C17H17N5OS2/c1-22(10-2-3-10)17(24)21-15-7-5-12-16(20-15)19-13(8-18-12)14-6-4-11(9-23)25-14/h4-8,10,23H,2-3,9H2,1H3,(H,19,20,21,24). The van der Waals surface area contributed by atoms with Crippen molar-refractivity contribution in [1.82, 2.24) is 19.9 Å². The van der Waals surface area contributed by atoms with Gasteiger partial charge in [0.15, 0.2) is 10.8 Å². The first-order chi connectivity index (χ1) is 12.1. The van der Waals surface area contributed by atoms with Crippen molar-refractivity contribution in [3.8, 4) is 10.6 Å². The number of aromatic nitrogens is 3. The minimum Gasteiger partial charge on any atom is -0.391 e. The van der Waals surface area contributed by atoms with E-state index in [1.54, 1.807) is 6.20 Å². The second-order valence-corrected chi connectivity index (χ2v) is 7.55. The molecule has 0 radical (unpaired) electrons. The van der Waals surface area contributed by atoms with Gasteiger partial charge >= 0.3 is 0 Å². The van der Waals surface area contributed by atoms with E-state index in [2.05, 4.69) is 25.2 Å². The van der Waals surface area contributed by atoms with E-state index in [-0.39, 0.29) is 6.61 Å². The van der Waals surface area contributed by atoms with Crippen LogP contribution >= 0.6 is 23.6 Å². The highest BCUT2D eigenvalue weighted by Gasteiger charge is 2.27. The summed E-state index contributed by atoms with van der Waals surface area (Å²) in [5.74, 6) is 0.665. The molecule has 0 aromatic carbocycles. The molecule has 25 heavy (non-hydrogen) atoms. The average molecular weight is 371 g/mol. The van der Waals surface area contributed by atoms with Crippen LogP contribution in [-0.2, 0) is 6.61 Å². The molecule has 3 heterocycles. The van der Waals surface area contributed by atoms with Gasteiger partial charge in [0.2, 0.25) is 0 Å². The van der Waals surface area contributed by atoms with E-state index in [9.17, 15) is 5.11 Å². The molecule has 0 aliphatic heterocycles. The fourth-order valence-electron chi connectivity index (χ4n) is 2.51. The lowest BCUT2D eigenvalue weighted by Gasteiger charge is -2.19. The first-order valence-corrected chi connectivity index (χ1v) is 9.24. The maximum atomic E-state index is 9.22. The Bertz CT molecular complexity index is 938. The van der Waals surface area contributed by atoms with Gasteiger partial charge in [-0.3, -0.25) is 4.98 Å². The largest absolute Gasteiger partial charge is 0.391 e. The van der Waals surface area contributed by atoms with E-state index in [0.717, 1.165) is 21.0 Å². The van der Waals surface area contributed by atoms with E-state index in [0.29, 0.717) is 22.6 Å². The summed E-state index contributed by atoms with van der Waals surface area (Å²) in [7, 11) is 2.00. The van der Waals surface area contributed by atoms with Gasteiger partial charge in [-0.25, -0.2) is 9.97 Å². The lowest BCUT2D eigenvalue weighted by molar-refractivity contribution is 0.285. The van der Waals surface area contributed by atoms with Crippen molar-refractivity contribution in [1.29, 1.82) is 0 Å². The molecule has 0 amide bonds. The molecule has 2 N–H and O–H groups in total. The number of aliphatic hydroxyl groups excluding tert-OH is 1. The number of aliphatic hydroxyl groups is 1. The van der Waals surface area contributed by atoms with Crippen LogP contribution in [0.25, 0.3) is 21.7 Å². The molecular formula is C17H17N5OS2. The van der Waals surface area contributed by atoms with Gasteiger partial charge in [-0.15, -0.1) is 11.3 Å². The Morgan fingerprint density at radius 1 is 1.32 bits per heavy atom. The number of fused-ring (bicyclic) bond motifs is 1. The van der Waals surface area contributed by atoms with Crippen molar-refractivity contribution in [2.75, 3.05) is 12.4 Å². The van der Waals surface area contributed by atoms with Crippen molar-refractivity contribution >= 4 is 45.6 Å². The van der Waals surface area contributed by atoms with E-state index < -0.39 is 0 Å². The fraction of sp³-hybridized carbons (Fsp3) is 0.294. The fourth-order valence-corrected chi connectivity index (χ4v) is 3.59. The number of pyridine rings is 1. The van der Waals surface area contributed by atoms with E-state index in [4.69, 9.17) is 12.2 Å². The van der Waals surface area contributed by atoms with Gasteiger partial charge in [-0.1, -0.05) is 0 Å². The number of hydrogen-bond acceptors (Lipinski definition) is 6. The number of rotatable bonds is 4. The molecule has 0 unspecified atom stereocenters. The molecule has 0 atom stereocenters. The Balaban J connectivity index is 1.61. The summed E-state index contributed by atoms with van der Waals surface area (Å²) in [6.45, 7) is 0.0317. The van der Waals surface area contributed by atoms with E-state index in [1.165, 1.54) is 24.2 Å². The van der Waals surface area contributed by atoms with Crippen LogP contribution in [0.4, 0.5) is 5.82 Å². The number of nitrogens with one attached hydrogen (secondary N) is 1. The number of hydrogen-bond donors (Lipinski definition) is 2. The smallest absolute Gasteiger partial charge is 0.180 e. The highest BCUT2D eigenvalue weighted by Crippen LogP contribution is 2.28. The topological polar surface area (TPSA) is 74.2 Å². The van der Waals surface area contributed by atoms with Crippen LogP contribution in [0.1, 0.15) is 17.7 Å². The quantitative estimate of drug-likeness (QED) is 0.683. The second-order valence-electron chi connectivity index (χ2n) is 5.99. The SMILES string of the molecule is CN(C(=S)Nc1ccc2ncc(-c3ccc(CO)s3)nc2n1)C1CC1. The van der Waals surface area contributed by atoms with Crippen LogP contribution in [0.5, 0.6) is 0 Å². The monoisotopic (exact) mass is 371 g/mol. The maximum absolute atomic E-state index is 9.22. The van der Waals surface area contributed by atoms with Crippen molar-refractivity contribution in [2.24, 2.45) is 0 Å². The van der Waals surface area contributed by atoms with Crippen molar-refractivity contribution in [2.45, 2.75) is 25.5 Å². The van der Waals surface area contributed by atoms with Crippen LogP contribution in [0, 0.1) is 0 Å². The third-order valence-electron chi connectivity index (χ3n) is 4.13. The van der Waals surface area contributed by atoms with Gasteiger partial charge in [0.1, 0.15) is 17.0 Å². The van der Waals surface area contributed by atoms with Crippen molar-refractivity contribution < 1.29 is 5.11 Å². The summed E-state index contributed by atoms with van der Waals surface area (Å²) >= 11 is 6.93. The first-order valence-electron chi connectivity index (χ1n) is 8.01. The molecule has 0 bridgehead atoms. The number of anilines is 1. The molecule has 6 nitrogen and oxygen atoms in total. The molecule has 1 aliphatic carbocycles. The van der Waals surface area contributed by atoms with Gasteiger partial charge in [-0.2, -0.15) is 0 Å². The van der Waals surface area contributed by atoms with Gasteiger partial charge in [0.25, 0.3) is 0 Å². The summed E-state index contributed by atoms with van der Waals surface area (Å²) in [5.41, 5.74) is 2.05. The summed E-state index contributed by atoms with van der Waals surface area (Å²) in [4.78, 5) is 17.5. The lowest BCUT2D eigenvalue weighted by atomic mass is 10.3. The van der Waals surface area contributed by atoms with Gasteiger partial charge in [0, 0.05) is 18.0 Å². The maximum Gasteiger partial charge on any atom is 0.180 e. The van der Waals surface area contributed by atoms with Crippen LogP contribution in [0.15, 0.2) is 30.5 Å². The third-order valence-corrected chi connectivity index (χ3v) is 5.61. The van der Waals surface area contributed by atoms with Gasteiger partial charge in [0.05, 0.1) is 17.7 Å². The number of thiophene rings is 1. The van der Waals surface area contributed by atoms with E-state index >= 15 is 0 Å². The lowest BCUT2D eigenvalue weighted by Crippen LogP contribution is -2.33. The van der Waals surface area contributed by atoms with Gasteiger partial charge in [-0.05, 0) is 49.3 Å². The Hall–Kier alpha value is -2.16. The zero-order chi connectivity index (χ0) is 17.4. The Morgan fingerprint density at radius 3 is 2.88 bits per heavy atom. The van der Waals surface area contributed by atoms with Crippen LogP contribution < -0.4 is 5.32 Å². The molecule has 128 valence electrons. The number of nitrogens with zero attached hydrogens (tertiary/aromatic N) is 4. The molecule has 3 aromatic rings. The summed E-state index contributed by atoms with van der Waals surface area (Å²) in [6, 6.07) is 8.12. The Kier molecular flexibility index (Phi) is 4.32. The molecule has 1 aliphatic rings. The molecule has 0 spiro atoms. The molecule has 0 saturated heterocycles. The normalized spacial score (nSPS) is 13.8. The minimum absolute atomic E-state index is 0.0317. The molecule has 4 rings (SSSR count). The minimum atomic E-state index is 0.0317. The number of thiocarbonyl (C=S) groups is 1. The summed E-state index contributed by atoms with van der Waals surface area (Å²) in [5, 5.41) is 13.1. The van der Waals surface area contributed by atoms with Crippen LogP contribution in [0.3, 0.4) is 0 Å². The van der Waals surface area contributed by atoms with Gasteiger partial charge < -0.3 is 15.3 Å². The molecule has 8 heteroatoms. The Morgan fingerprint density at radius 2 is 2.16 bits per heavy atom.